The van der Waals surface area contributed by atoms with Crippen LogP contribution in [-0.2, 0) is 57.1 Å². The number of hydrogen-bond donors (Lipinski definition) is 0. The van der Waals surface area contributed by atoms with E-state index in [1.807, 2.05) is 54.6 Å². The molecule has 1 aromatic heterocycles. The molecule has 2 saturated carbocycles. The number of carbonyl (C=O) groups excluding carboxylic acids is 5. The normalized spacial score (nSPS) is 17.0. The number of aromatic nitrogens is 1. The Labute approximate surface area is 477 Å². The van der Waals surface area contributed by atoms with Crippen molar-refractivity contribution in [1.29, 1.82) is 0 Å². The third-order valence-electron chi connectivity index (χ3n) is 14.5. The maximum Gasteiger partial charge on any atom is 0.330 e. The van der Waals surface area contributed by atoms with Gasteiger partial charge in [-0.15, -0.1) is 0 Å². The zero-order valence-corrected chi connectivity index (χ0v) is 47.5. The van der Waals surface area contributed by atoms with Crippen molar-refractivity contribution in [2.45, 2.75) is 134 Å². The van der Waals surface area contributed by atoms with Crippen molar-refractivity contribution in [1.82, 2.24) is 4.98 Å². The molecule has 0 amide bonds. The van der Waals surface area contributed by atoms with Gasteiger partial charge in [-0.05, 0) is 169 Å². The lowest BCUT2D eigenvalue weighted by Gasteiger charge is -2.28. The first-order chi connectivity index (χ1) is 39.6. The quantitative estimate of drug-likeness (QED) is 0.0103. The van der Waals surface area contributed by atoms with E-state index in [1.54, 1.807) is 13.2 Å². The van der Waals surface area contributed by atoms with Crippen molar-refractivity contribution in [2.24, 2.45) is 11.8 Å². The topological polar surface area (TPSA) is 194 Å². The zero-order valence-electron chi connectivity index (χ0n) is 47.5. The number of pyridine rings is 1. The van der Waals surface area contributed by atoms with Gasteiger partial charge >= 0.3 is 29.8 Å². The van der Waals surface area contributed by atoms with Crippen LogP contribution in [0.1, 0.15) is 122 Å². The largest absolute Gasteiger partial charge is 0.494 e. The molecule has 0 unspecified atom stereocenters. The molecular formula is C64H84N2O15. The predicted octanol–water partition coefficient (Wildman–Crippen LogP) is 12.0. The van der Waals surface area contributed by atoms with Gasteiger partial charge in [0.05, 0.1) is 75.8 Å². The highest BCUT2D eigenvalue weighted by Crippen LogP contribution is 2.39. The lowest BCUT2D eigenvalue weighted by atomic mass is 9.87. The second kappa shape index (κ2) is 35.9. The van der Waals surface area contributed by atoms with Gasteiger partial charge in [-0.3, -0.25) is 9.59 Å². The minimum Gasteiger partial charge on any atom is -0.494 e. The van der Waals surface area contributed by atoms with Crippen LogP contribution in [0.15, 0.2) is 98.6 Å². The van der Waals surface area contributed by atoms with E-state index < -0.39 is 17.9 Å². The van der Waals surface area contributed by atoms with E-state index in [2.05, 4.69) is 24.6 Å². The summed E-state index contributed by atoms with van der Waals surface area (Å²) in [6.07, 6.45) is 19.1. The Morgan fingerprint density at radius 3 is 1.46 bits per heavy atom. The molecule has 2 fully saturated rings. The van der Waals surface area contributed by atoms with Crippen LogP contribution in [0, 0.1) is 11.8 Å². The number of unbranched alkanes of at least 4 members (excludes halogenated alkanes) is 8. The number of methoxy groups -OCH3 is 1. The van der Waals surface area contributed by atoms with Crippen molar-refractivity contribution in [3.63, 3.8) is 0 Å². The lowest BCUT2D eigenvalue weighted by molar-refractivity contribution is -0.142. The summed E-state index contributed by atoms with van der Waals surface area (Å²) in [6.45, 7) is 14.7. The molecule has 0 aliphatic heterocycles. The Hall–Kier alpha value is -6.66. The van der Waals surface area contributed by atoms with Gasteiger partial charge in [0, 0.05) is 67.6 Å². The Balaban J connectivity index is 1.15. The average Bonchev–Trinajstić information content (AvgIpc) is 3.49. The minimum atomic E-state index is -0.429. The van der Waals surface area contributed by atoms with Crippen molar-refractivity contribution in [3.05, 3.63) is 98.6 Å². The van der Waals surface area contributed by atoms with Gasteiger partial charge in [-0.1, -0.05) is 32.6 Å². The molecule has 0 bridgehead atoms. The summed E-state index contributed by atoms with van der Waals surface area (Å²) in [6, 6.07) is 19.0. The molecule has 3 aromatic carbocycles. The van der Waals surface area contributed by atoms with Gasteiger partial charge in [-0.25, -0.2) is 19.4 Å². The second-order valence-electron chi connectivity index (χ2n) is 20.5. The molecule has 1 heterocycles. The van der Waals surface area contributed by atoms with Crippen molar-refractivity contribution in [2.75, 3.05) is 78.0 Å². The fourth-order valence-electron chi connectivity index (χ4n) is 9.97. The number of nitrogens with zero attached hydrogens (tertiary/aromatic N) is 2. The standard InChI is InChI=1S/C64H84N2O15/c1-5-59(67)77-39-15-10-8-13-36-74-50-25-19-47(20-26-50)63(70)80-53-31-33-55-56-34-32-54(81-64(71)48-21-27-51(28-22-48)75-37-14-9-11-16-40-78-60(68)6-2)46-58(56)65-62(57(55)45-53)66(35-42-73-44-43-72-4)49-23-29-52(30-24-49)76-38-17-12-18-41-79-61(69)7-3/h5-7,23-24,29-34,45-48,50-51H,1-3,8-22,25-28,35-44H2,4H3. The number of fused-ring (bicyclic) bond motifs is 3. The van der Waals surface area contributed by atoms with Gasteiger partial charge in [0.1, 0.15) is 23.1 Å². The van der Waals surface area contributed by atoms with Crippen LogP contribution in [0.2, 0.25) is 0 Å². The second-order valence-corrected chi connectivity index (χ2v) is 20.5. The zero-order chi connectivity index (χ0) is 57.4. The molecule has 6 rings (SSSR count). The summed E-state index contributed by atoms with van der Waals surface area (Å²) < 4.78 is 57.3. The summed E-state index contributed by atoms with van der Waals surface area (Å²) in [5, 5.41) is 2.43. The van der Waals surface area contributed by atoms with Crippen molar-refractivity contribution < 1.29 is 71.3 Å². The van der Waals surface area contributed by atoms with Crippen LogP contribution in [-0.4, -0.2) is 120 Å². The average molecular weight is 1120 g/mol. The molecule has 0 atom stereocenters. The van der Waals surface area contributed by atoms with Gasteiger partial charge in [0.15, 0.2) is 0 Å². The first kappa shape index (κ1) is 63.5. The van der Waals surface area contributed by atoms with Crippen molar-refractivity contribution >= 4 is 63.0 Å². The van der Waals surface area contributed by atoms with Gasteiger partial charge in [-0.2, -0.15) is 0 Å². The van der Waals surface area contributed by atoms with Crippen LogP contribution in [0.5, 0.6) is 17.2 Å². The first-order valence-corrected chi connectivity index (χ1v) is 29.1. The summed E-state index contributed by atoms with van der Waals surface area (Å²) in [5.74, 6) is -0.238. The third-order valence-corrected chi connectivity index (χ3v) is 14.5. The maximum absolute atomic E-state index is 13.9. The number of esters is 5. The van der Waals surface area contributed by atoms with Gasteiger partial charge in [0.25, 0.3) is 0 Å². The van der Waals surface area contributed by atoms with E-state index in [9.17, 15) is 24.0 Å². The Morgan fingerprint density at radius 1 is 0.494 bits per heavy atom. The monoisotopic (exact) mass is 1120 g/mol. The molecular weight excluding hydrogens is 1040 g/mol. The summed E-state index contributed by atoms with van der Waals surface area (Å²) in [4.78, 5) is 68.9. The molecule has 81 heavy (non-hydrogen) atoms. The number of carbonyl (C=O) groups is 5. The van der Waals surface area contributed by atoms with E-state index in [4.69, 9.17) is 52.4 Å². The van der Waals surface area contributed by atoms with Crippen LogP contribution in [0.3, 0.4) is 0 Å². The smallest absolute Gasteiger partial charge is 0.330 e. The Morgan fingerprint density at radius 2 is 0.951 bits per heavy atom. The molecule has 17 nitrogen and oxygen atoms in total. The lowest BCUT2D eigenvalue weighted by Crippen LogP contribution is -2.29. The highest BCUT2D eigenvalue weighted by molar-refractivity contribution is 6.11. The molecule has 0 radical (unpaired) electrons. The Kier molecular flexibility index (Phi) is 28.2. The molecule has 2 aliphatic carbocycles. The number of ether oxygens (including phenoxy) is 10. The highest BCUT2D eigenvalue weighted by Gasteiger charge is 2.30. The maximum atomic E-state index is 13.9. The summed E-state index contributed by atoms with van der Waals surface area (Å²) in [7, 11) is 1.63. The molecule has 0 saturated heterocycles. The third kappa shape index (κ3) is 22.0. The van der Waals surface area contributed by atoms with Gasteiger partial charge < -0.3 is 52.3 Å². The van der Waals surface area contributed by atoms with E-state index in [0.29, 0.717) is 120 Å². The van der Waals surface area contributed by atoms with Crippen LogP contribution in [0.4, 0.5) is 11.5 Å². The Bertz CT molecular complexity index is 2620. The van der Waals surface area contributed by atoms with E-state index >= 15 is 0 Å². The molecule has 2 aliphatic rings. The minimum absolute atomic E-state index is 0.0917. The highest BCUT2D eigenvalue weighted by atomic mass is 16.6. The number of benzene rings is 3. The molecule has 4 aromatic rings. The summed E-state index contributed by atoms with van der Waals surface area (Å²) in [5.41, 5.74) is 1.42. The van der Waals surface area contributed by atoms with E-state index in [0.717, 1.165) is 124 Å². The fourth-order valence-corrected chi connectivity index (χ4v) is 9.97. The number of anilines is 2. The molecule has 17 heteroatoms. The van der Waals surface area contributed by atoms with Crippen LogP contribution >= 0.6 is 0 Å². The SMILES string of the molecule is C=CC(=O)OCCCCCCOC1CCC(C(=O)Oc2ccc3c(c2)nc(N(CCOCCOC)c2ccc(OCCCCCOC(=O)C=C)cc2)c2cc(OC(=O)C4CCC(OCCCCCCOC(=O)C=C)CC4)ccc23)CC1. The van der Waals surface area contributed by atoms with Gasteiger partial charge in [0.2, 0.25) is 0 Å². The molecule has 0 N–H and O–H groups in total. The molecule has 0 spiro atoms. The molecule has 440 valence electrons. The van der Waals surface area contributed by atoms with Crippen LogP contribution < -0.4 is 19.1 Å². The number of hydrogen-bond acceptors (Lipinski definition) is 17. The van der Waals surface area contributed by atoms with Crippen molar-refractivity contribution in [3.8, 4) is 17.2 Å². The summed E-state index contributed by atoms with van der Waals surface area (Å²) >= 11 is 0. The first-order valence-electron chi connectivity index (χ1n) is 29.1. The van der Waals surface area contributed by atoms with E-state index in [-0.39, 0.29) is 36.0 Å². The van der Waals surface area contributed by atoms with Crippen LogP contribution in [0.25, 0.3) is 21.7 Å². The fraction of sp³-hybridized carbons (Fsp3) is 0.531. The number of rotatable bonds is 38. The van der Waals surface area contributed by atoms with E-state index in [1.165, 1.54) is 12.2 Å². The predicted molar refractivity (Wildman–Crippen MR) is 310 cm³/mol.